The minimum absolute atomic E-state index is 0.0456. The number of hydrogen-bond donors (Lipinski definition) is 2. The van der Waals surface area contributed by atoms with Gasteiger partial charge in [-0.1, -0.05) is 12.5 Å². The lowest BCUT2D eigenvalue weighted by Gasteiger charge is -2.25. The van der Waals surface area contributed by atoms with Crippen molar-refractivity contribution >= 4 is 11.6 Å². The van der Waals surface area contributed by atoms with Crippen molar-refractivity contribution in [2.45, 2.75) is 38.7 Å². The van der Waals surface area contributed by atoms with Crippen LogP contribution in [0.25, 0.3) is 0 Å². The van der Waals surface area contributed by atoms with Crippen molar-refractivity contribution in [1.29, 1.82) is 0 Å². The molecule has 0 saturated heterocycles. The Kier molecular flexibility index (Phi) is 4.90. The minimum atomic E-state index is -0.483. The molecule has 1 aromatic carbocycles. The maximum absolute atomic E-state index is 12.2. The summed E-state index contributed by atoms with van der Waals surface area (Å²) in [5.74, 6) is -0.0204. The van der Waals surface area contributed by atoms with E-state index in [1.54, 1.807) is 13.0 Å². The van der Waals surface area contributed by atoms with Gasteiger partial charge < -0.3 is 10.4 Å². The highest BCUT2D eigenvalue weighted by atomic mass is 16.6. The average molecular weight is 292 g/mol. The van der Waals surface area contributed by atoms with E-state index in [1.807, 2.05) is 0 Å². The zero-order valence-electron chi connectivity index (χ0n) is 12.0. The second-order valence-electron chi connectivity index (χ2n) is 5.60. The summed E-state index contributed by atoms with van der Waals surface area (Å²) < 4.78 is 0. The zero-order valence-corrected chi connectivity index (χ0v) is 12.0. The first-order valence-corrected chi connectivity index (χ1v) is 7.19. The Bertz CT molecular complexity index is 544. The summed E-state index contributed by atoms with van der Waals surface area (Å²) in [6, 6.07) is 4.50. The van der Waals surface area contributed by atoms with Crippen LogP contribution in [0.5, 0.6) is 0 Å². The minimum Gasteiger partial charge on any atom is -0.393 e. The van der Waals surface area contributed by atoms with E-state index >= 15 is 0 Å². The van der Waals surface area contributed by atoms with Crippen molar-refractivity contribution < 1.29 is 14.8 Å². The van der Waals surface area contributed by atoms with Gasteiger partial charge in [0.15, 0.2) is 0 Å². The fourth-order valence-electron chi connectivity index (χ4n) is 2.85. The number of hydrogen-bond acceptors (Lipinski definition) is 4. The number of aliphatic hydroxyl groups excluding tert-OH is 1. The first-order chi connectivity index (χ1) is 9.99. The smallest absolute Gasteiger partial charge is 0.273 e. The monoisotopic (exact) mass is 292 g/mol. The van der Waals surface area contributed by atoms with Crippen LogP contribution in [-0.4, -0.2) is 28.6 Å². The Morgan fingerprint density at radius 1 is 1.48 bits per heavy atom. The molecule has 1 aliphatic carbocycles. The Balaban J connectivity index is 2.00. The molecule has 0 aliphatic heterocycles. The number of nitrogens with one attached hydrogen (secondary N) is 1. The van der Waals surface area contributed by atoms with Gasteiger partial charge in [-0.25, -0.2) is 0 Å². The van der Waals surface area contributed by atoms with E-state index < -0.39 is 4.92 Å². The van der Waals surface area contributed by atoms with Gasteiger partial charge in [-0.2, -0.15) is 0 Å². The van der Waals surface area contributed by atoms with Crippen LogP contribution in [0.3, 0.4) is 0 Å². The number of amides is 1. The summed E-state index contributed by atoms with van der Waals surface area (Å²) >= 11 is 0. The largest absolute Gasteiger partial charge is 0.393 e. The average Bonchev–Trinajstić information content (AvgIpc) is 2.45. The second-order valence-corrected chi connectivity index (χ2v) is 5.60. The molecule has 0 bridgehead atoms. The number of rotatable bonds is 4. The topological polar surface area (TPSA) is 92.5 Å². The van der Waals surface area contributed by atoms with Crippen molar-refractivity contribution in [3.05, 3.63) is 39.4 Å². The molecule has 1 aliphatic rings. The molecule has 2 rings (SSSR count). The van der Waals surface area contributed by atoms with E-state index in [2.05, 4.69) is 5.32 Å². The maximum Gasteiger partial charge on any atom is 0.273 e. The van der Waals surface area contributed by atoms with E-state index in [-0.39, 0.29) is 23.6 Å². The predicted molar refractivity (Wildman–Crippen MR) is 78.1 cm³/mol. The number of nitro benzene ring substituents is 1. The van der Waals surface area contributed by atoms with Crippen molar-refractivity contribution in [2.75, 3.05) is 6.54 Å². The molecule has 1 fully saturated rings. The molecule has 21 heavy (non-hydrogen) atoms. The number of carbonyl (C=O) groups is 1. The lowest BCUT2D eigenvalue weighted by Crippen LogP contribution is -2.33. The van der Waals surface area contributed by atoms with Crippen LogP contribution < -0.4 is 5.32 Å². The van der Waals surface area contributed by atoms with Gasteiger partial charge in [-0.15, -0.1) is 0 Å². The van der Waals surface area contributed by atoms with Crippen LogP contribution in [0.1, 0.15) is 41.6 Å². The number of benzene rings is 1. The molecule has 6 heteroatoms. The van der Waals surface area contributed by atoms with Gasteiger partial charge in [0.1, 0.15) is 0 Å². The van der Waals surface area contributed by atoms with Crippen LogP contribution >= 0.6 is 0 Å². The van der Waals surface area contributed by atoms with Gasteiger partial charge in [0.2, 0.25) is 0 Å². The van der Waals surface area contributed by atoms with E-state index in [4.69, 9.17) is 0 Å². The van der Waals surface area contributed by atoms with Crippen LogP contribution in [0, 0.1) is 23.0 Å². The van der Waals surface area contributed by atoms with Crippen LogP contribution in [0.4, 0.5) is 5.69 Å². The van der Waals surface area contributed by atoms with Crippen molar-refractivity contribution in [2.24, 2.45) is 5.92 Å². The quantitative estimate of drug-likeness (QED) is 0.657. The highest BCUT2D eigenvalue weighted by Gasteiger charge is 2.22. The Morgan fingerprint density at radius 3 is 2.90 bits per heavy atom. The lowest BCUT2D eigenvalue weighted by molar-refractivity contribution is -0.385. The van der Waals surface area contributed by atoms with Crippen molar-refractivity contribution in [1.82, 2.24) is 5.32 Å². The molecule has 0 heterocycles. The van der Waals surface area contributed by atoms with Gasteiger partial charge in [-0.3, -0.25) is 14.9 Å². The molecule has 1 saturated carbocycles. The molecule has 0 spiro atoms. The predicted octanol–water partition coefficient (Wildman–Crippen LogP) is 2.18. The Morgan fingerprint density at radius 2 is 2.24 bits per heavy atom. The Hall–Kier alpha value is -1.95. The fourth-order valence-corrected chi connectivity index (χ4v) is 2.85. The number of carbonyl (C=O) groups excluding carboxylic acids is 1. The second kappa shape index (κ2) is 6.67. The van der Waals surface area contributed by atoms with E-state index in [9.17, 15) is 20.0 Å². The molecule has 1 aromatic rings. The van der Waals surface area contributed by atoms with E-state index in [0.29, 0.717) is 24.1 Å². The molecule has 1 amide bonds. The van der Waals surface area contributed by atoms with E-state index in [0.717, 1.165) is 19.3 Å². The molecular weight excluding hydrogens is 272 g/mol. The molecule has 0 aromatic heterocycles. The maximum atomic E-state index is 12.2. The first kappa shape index (κ1) is 15.4. The summed E-state index contributed by atoms with van der Waals surface area (Å²) in [5.41, 5.74) is 0.667. The lowest BCUT2D eigenvalue weighted by atomic mass is 9.87. The third-order valence-corrected chi connectivity index (χ3v) is 4.05. The normalized spacial score (nSPS) is 21.8. The molecule has 114 valence electrons. The van der Waals surface area contributed by atoms with Gasteiger partial charge in [-0.05, 0) is 38.2 Å². The highest BCUT2D eigenvalue weighted by Crippen LogP contribution is 2.24. The summed E-state index contributed by atoms with van der Waals surface area (Å²) in [6.45, 7) is 2.08. The van der Waals surface area contributed by atoms with Gasteiger partial charge >= 0.3 is 0 Å². The van der Waals surface area contributed by atoms with Crippen LogP contribution in [0.15, 0.2) is 18.2 Å². The standard InChI is InChI=1S/C15H20N2O4/c1-10-13(6-3-7-14(10)17(20)21)15(19)16-9-11-4-2-5-12(18)8-11/h3,6-7,11-12,18H,2,4-5,8-9H2,1H3,(H,16,19). The molecular formula is C15H20N2O4. The molecule has 2 unspecified atom stereocenters. The first-order valence-electron chi connectivity index (χ1n) is 7.19. The molecule has 2 atom stereocenters. The van der Waals surface area contributed by atoms with Crippen molar-refractivity contribution in [3.63, 3.8) is 0 Å². The van der Waals surface area contributed by atoms with Gasteiger partial charge in [0.05, 0.1) is 11.0 Å². The number of aliphatic hydroxyl groups is 1. The van der Waals surface area contributed by atoms with E-state index in [1.165, 1.54) is 12.1 Å². The van der Waals surface area contributed by atoms with Crippen LogP contribution in [-0.2, 0) is 0 Å². The number of nitro groups is 1. The summed E-state index contributed by atoms with van der Waals surface area (Å²) in [6.07, 6.45) is 3.21. The van der Waals surface area contributed by atoms with Crippen LogP contribution in [0.2, 0.25) is 0 Å². The third kappa shape index (κ3) is 3.78. The fraction of sp³-hybridized carbons (Fsp3) is 0.533. The molecule has 2 N–H and O–H groups in total. The van der Waals surface area contributed by atoms with Crippen molar-refractivity contribution in [3.8, 4) is 0 Å². The summed E-state index contributed by atoms with van der Waals surface area (Å²) in [5, 5.41) is 23.3. The SMILES string of the molecule is Cc1c(C(=O)NCC2CCCC(O)C2)cccc1[N+](=O)[O-]. The van der Waals surface area contributed by atoms with Gasteiger partial charge in [0.25, 0.3) is 11.6 Å². The summed E-state index contributed by atoms with van der Waals surface area (Å²) in [7, 11) is 0. The summed E-state index contributed by atoms with van der Waals surface area (Å²) in [4.78, 5) is 22.6. The third-order valence-electron chi connectivity index (χ3n) is 4.05. The molecule has 0 radical (unpaired) electrons. The number of nitrogens with zero attached hydrogens (tertiary/aromatic N) is 1. The zero-order chi connectivity index (χ0) is 15.4. The van der Waals surface area contributed by atoms with Gasteiger partial charge in [0, 0.05) is 23.7 Å². The Labute approximate surface area is 123 Å². The highest BCUT2D eigenvalue weighted by molar-refractivity contribution is 5.96. The molecule has 6 nitrogen and oxygen atoms in total.